The zero-order chi connectivity index (χ0) is 20.3. The third-order valence-corrected chi connectivity index (χ3v) is 6.05. The van der Waals surface area contributed by atoms with Gasteiger partial charge in [-0.15, -0.1) is 11.8 Å². The Hall–Kier alpha value is -2.05. The van der Waals surface area contributed by atoms with Crippen LogP contribution in [-0.4, -0.2) is 36.2 Å². The van der Waals surface area contributed by atoms with Crippen LogP contribution in [-0.2, 0) is 26.5 Å². The minimum atomic E-state index is -0.552. The molecule has 1 unspecified atom stereocenters. The van der Waals surface area contributed by atoms with E-state index in [1.807, 2.05) is 42.5 Å². The zero-order valence-corrected chi connectivity index (χ0v) is 17.5. The molecule has 3 rings (SSSR count). The second-order valence-electron chi connectivity index (χ2n) is 7.42. The largest absolute Gasteiger partial charge is 0.468 e. The lowest BCUT2D eigenvalue weighted by molar-refractivity contribution is -0.131. The number of benzene rings is 1. The number of hydrogen-bond donors (Lipinski definition) is 1. The molecule has 0 bridgehead atoms. The van der Waals surface area contributed by atoms with Gasteiger partial charge in [0.15, 0.2) is 5.78 Å². The summed E-state index contributed by atoms with van der Waals surface area (Å²) in [6, 6.07) is 12.9. The molecule has 1 heterocycles. The Labute approximate surface area is 176 Å². The molecule has 1 aromatic carbocycles. The number of Topliss-reactive ketones (excluding diaryl/α,β-unsaturated/α-hetero) is 1. The number of carbonyl (C=O) groups is 2. The predicted octanol–water partition coefficient (Wildman–Crippen LogP) is 4.16. The molecule has 1 atom stereocenters. The van der Waals surface area contributed by atoms with Gasteiger partial charge in [0.25, 0.3) is 0 Å². The van der Waals surface area contributed by atoms with Crippen LogP contribution in [0.5, 0.6) is 0 Å². The van der Waals surface area contributed by atoms with Gasteiger partial charge in [-0.25, -0.2) is 0 Å². The van der Waals surface area contributed by atoms with Crippen molar-refractivity contribution in [3.8, 4) is 0 Å². The lowest BCUT2D eigenvalue weighted by Gasteiger charge is -2.23. The normalized spacial score (nSPS) is 15.7. The van der Waals surface area contributed by atoms with Crippen LogP contribution in [0.2, 0.25) is 0 Å². The average molecular weight is 416 g/mol. The minimum Gasteiger partial charge on any atom is -0.468 e. The Kier molecular flexibility index (Phi) is 8.83. The quantitative estimate of drug-likeness (QED) is 0.597. The summed E-state index contributed by atoms with van der Waals surface area (Å²) in [6.07, 6.45) is 7.88. The number of hydrogen-bond acceptors (Lipinski definition) is 5. The molecule has 2 aromatic rings. The van der Waals surface area contributed by atoms with Crippen LogP contribution in [0.25, 0.3) is 0 Å². The summed E-state index contributed by atoms with van der Waals surface area (Å²) < 4.78 is 11.1. The van der Waals surface area contributed by atoms with Crippen molar-refractivity contribution in [2.75, 3.05) is 12.4 Å². The Morgan fingerprint density at radius 3 is 2.62 bits per heavy atom. The summed E-state index contributed by atoms with van der Waals surface area (Å²) in [4.78, 5) is 25.3. The molecule has 5 nitrogen and oxygen atoms in total. The van der Waals surface area contributed by atoms with E-state index in [4.69, 9.17) is 9.15 Å². The Balaban J connectivity index is 1.51. The van der Waals surface area contributed by atoms with Crippen molar-refractivity contribution in [3.05, 3.63) is 60.1 Å². The Morgan fingerprint density at radius 2 is 1.90 bits per heavy atom. The van der Waals surface area contributed by atoms with E-state index >= 15 is 0 Å². The maximum atomic E-state index is 12.8. The van der Waals surface area contributed by atoms with Crippen LogP contribution in [0.4, 0.5) is 0 Å². The second-order valence-corrected chi connectivity index (χ2v) is 8.40. The summed E-state index contributed by atoms with van der Waals surface area (Å²) in [5.74, 6) is 1.59. The van der Waals surface area contributed by atoms with Crippen molar-refractivity contribution in [2.45, 2.75) is 56.4 Å². The molecule has 1 aliphatic carbocycles. The highest BCUT2D eigenvalue weighted by Gasteiger charge is 2.22. The van der Waals surface area contributed by atoms with E-state index in [1.54, 1.807) is 6.26 Å². The topological polar surface area (TPSA) is 68.5 Å². The average Bonchev–Trinajstić information content (AvgIpc) is 3.27. The predicted molar refractivity (Wildman–Crippen MR) is 115 cm³/mol. The maximum absolute atomic E-state index is 12.8. The van der Waals surface area contributed by atoms with Crippen LogP contribution in [0.3, 0.4) is 0 Å². The van der Waals surface area contributed by atoms with Crippen LogP contribution in [0.1, 0.15) is 43.4 Å². The van der Waals surface area contributed by atoms with Crippen molar-refractivity contribution in [1.82, 2.24) is 5.32 Å². The number of nitrogens with one attached hydrogen (secondary N) is 1. The van der Waals surface area contributed by atoms with E-state index in [0.717, 1.165) is 37.0 Å². The van der Waals surface area contributed by atoms with Gasteiger partial charge in [0.05, 0.1) is 29.9 Å². The van der Waals surface area contributed by atoms with E-state index in [2.05, 4.69) is 5.32 Å². The molecule has 6 heteroatoms. The van der Waals surface area contributed by atoms with Gasteiger partial charge in [-0.05, 0) is 37.0 Å². The molecule has 156 valence electrons. The summed E-state index contributed by atoms with van der Waals surface area (Å²) in [5, 5.41) is 2.90. The number of amides is 1. The molecule has 1 N–H and O–H groups in total. The SMILES string of the molecule is O=C(COC1CCCCC1)NC(Cc1ccccc1)C(=O)CSCc1ccco1. The smallest absolute Gasteiger partial charge is 0.246 e. The van der Waals surface area contributed by atoms with E-state index in [1.165, 1.54) is 18.2 Å². The van der Waals surface area contributed by atoms with Gasteiger partial charge in [0, 0.05) is 0 Å². The van der Waals surface area contributed by atoms with Crippen molar-refractivity contribution in [1.29, 1.82) is 0 Å². The third-order valence-electron chi connectivity index (χ3n) is 5.08. The molecule has 1 aliphatic rings. The summed E-state index contributed by atoms with van der Waals surface area (Å²) in [5.41, 5.74) is 1.02. The monoisotopic (exact) mass is 415 g/mol. The van der Waals surface area contributed by atoms with E-state index in [9.17, 15) is 9.59 Å². The van der Waals surface area contributed by atoms with E-state index < -0.39 is 6.04 Å². The highest BCUT2D eigenvalue weighted by Crippen LogP contribution is 2.20. The van der Waals surface area contributed by atoms with Gasteiger partial charge in [0.2, 0.25) is 5.91 Å². The highest BCUT2D eigenvalue weighted by molar-refractivity contribution is 7.99. The van der Waals surface area contributed by atoms with Crippen molar-refractivity contribution in [2.24, 2.45) is 0 Å². The van der Waals surface area contributed by atoms with Crippen LogP contribution >= 0.6 is 11.8 Å². The van der Waals surface area contributed by atoms with E-state index in [-0.39, 0.29) is 24.4 Å². The fourth-order valence-corrected chi connectivity index (χ4v) is 4.37. The maximum Gasteiger partial charge on any atom is 0.246 e. The molecule has 1 aromatic heterocycles. The number of ketones is 1. The van der Waals surface area contributed by atoms with Crippen LogP contribution in [0.15, 0.2) is 53.1 Å². The summed E-state index contributed by atoms with van der Waals surface area (Å²) >= 11 is 1.50. The second kappa shape index (κ2) is 11.8. The van der Waals surface area contributed by atoms with Gasteiger partial charge in [0.1, 0.15) is 12.4 Å². The van der Waals surface area contributed by atoms with Gasteiger partial charge >= 0.3 is 0 Å². The lowest BCUT2D eigenvalue weighted by Crippen LogP contribution is -2.45. The third kappa shape index (κ3) is 7.71. The number of carbonyl (C=O) groups excluding carboxylic acids is 2. The molecule has 0 radical (unpaired) electrons. The summed E-state index contributed by atoms with van der Waals surface area (Å²) in [6.45, 7) is 0.0166. The highest BCUT2D eigenvalue weighted by atomic mass is 32.2. The first kappa shape index (κ1) is 21.7. The number of furan rings is 1. The molecular formula is C23H29NO4S. The lowest BCUT2D eigenvalue weighted by atomic mass is 9.98. The fourth-order valence-electron chi connectivity index (χ4n) is 3.50. The molecule has 0 aliphatic heterocycles. The first-order valence-electron chi connectivity index (χ1n) is 10.3. The molecule has 1 amide bonds. The van der Waals surface area contributed by atoms with Crippen molar-refractivity contribution in [3.63, 3.8) is 0 Å². The number of ether oxygens (including phenoxy) is 1. The van der Waals surface area contributed by atoms with E-state index in [0.29, 0.717) is 17.9 Å². The zero-order valence-electron chi connectivity index (χ0n) is 16.7. The Bertz CT molecular complexity index is 742. The van der Waals surface area contributed by atoms with Crippen molar-refractivity contribution < 1.29 is 18.7 Å². The molecule has 1 saturated carbocycles. The number of rotatable bonds is 11. The van der Waals surface area contributed by atoms with Gasteiger partial charge in [-0.2, -0.15) is 0 Å². The summed E-state index contributed by atoms with van der Waals surface area (Å²) in [7, 11) is 0. The standard InChI is InChI=1S/C23H29NO4S/c25-22(17-29-16-20-12-7-13-27-20)21(14-18-8-3-1-4-9-18)24-23(26)15-28-19-10-5-2-6-11-19/h1,3-4,7-9,12-13,19,21H,2,5-6,10-11,14-17H2,(H,24,26). The molecule has 0 saturated heterocycles. The first-order chi connectivity index (χ1) is 14.2. The van der Waals surface area contributed by atoms with Crippen molar-refractivity contribution >= 4 is 23.5 Å². The van der Waals surface area contributed by atoms with Gasteiger partial charge < -0.3 is 14.5 Å². The molecular weight excluding hydrogens is 386 g/mol. The molecule has 1 fully saturated rings. The first-order valence-corrected chi connectivity index (χ1v) is 11.4. The molecule has 0 spiro atoms. The number of thioether (sulfide) groups is 1. The van der Waals surface area contributed by atoms with Gasteiger partial charge in [-0.1, -0.05) is 49.6 Å². The van der Waals surface area contributed by atoms with Gasteiger partial charge in [-0.3, -0.25) is 9.59 Å². The van der Waals surface area contributed by atoms with Crippen LogP contribution in [0, 0.1) is 0 Å². The Morgan fingerprint density at radius 1 is 1.10 bits per heavy atom. The molecule has 29 heavy (non-hydrogen) atoms. The van der Waals surface area contributed by atoms with Crippen LogP contribution < -0.4 is 5.32 Å². The minimum absolute atomic E-state index is 0.0106. The fraction of sp³-hybridized carbons (Fsp3) is 0.478.